The molecule has 0 aliphatic carbocycles. The maximum atomic E-state index is 11.8. The molecular formula is C18H14N3O8P. The molecule has 0 aliphatic heterocycles. The van der Waals surface area contributed by atoms with Crippen LogP contribution < -0.4 is 15.9 Å². The molecule has 0 saturated carbocycles. The Morgan fingerprint density at radius 2 is 0.700 bits per heavy atom. The van der Waals surface area contributed by atoms with Gasteiger partial charge in [-0.25, -0.2) is 0 Å². The standard InChI is InChI=1S/C18H14N3O8P/c22-19(23)13-1-7-16(8-2-13)30(28,29,17-9-3-14(4-10-17)20(24)25)18-11-5-15(6-12-18)21(26)27/h1-12,28-29H. The van der Waals surface area contributed by atoms with Gasteiger partial charge in [-0.3, -0.25) is 0 Å². The molecule has 0 unspecified atom stereocenters. The first kappa shape index (κ1) is 20.9. The summed E-state index contributed by atoms with van der Waals surface area (Å²) < 4.78 is 0. The van der Waals surface area contributed by atoms with E-state index in [0.717, 1.165) is 36.4 Å². The van der Waals surface area contributed by atoms with Gasteiger partial charge in [0.05, 0.1) is 0 Å². The Kier molecular flexibility index (Phi) is 5.04. The van der Waals surface area contributed by atoms with Crippen molar-refractivity contribution >= 4 is 40.0 Å². The summed E-state index contributed by atoms with van der Waals surface area (Å²) in [7, 11) is -5.23. The summed E-state index contributed by atoms with van der Waals surface area (Å²) in [5, 5.41) is 32.6. The number of hydrogen-bond donors (Lipinski definition) is 2. The normalized spacial score (nSPS) is 12.5. The Hall–Kier alpha value is -3.79. The number of rotatable bonds is 6. The van der Waals surface area contributed by atoms with Gasteiger partial charge in [-0.1, -0.05) is 0 Å². The fourth-order valence-electron chi connectivity index (χ4n) is 3.02. The Balaban J connectivity index is 2.27. The molecule has 0 heterocycles. The molecule has 0 aromatic heterocycles. The second-order valence-corrected chi connectivity index (χ2v) is 9.94. The Bertz CT molecular complexity index is 999. The van der Waals surface area contributed by atoms with E-state index in [9.17, 15) is 40.1 Å². The summed E-state index contributed by atoms with van der Waals surface area (Å²) >= 11 is 0. The molecule has 30 heavy (non-hydrogen) atoms. The molecule has 0 radical (unpaired) electrons. The van der Waals surface area contributed by atoms with Crippen molar-refractivity contribution < 1.29 is 24.6 Å². The molecule has 154 valence electrons. The molecule has 0 atom stereocenters. The third-order valence-electron chi connectivity index (χ3n) is 4.65. The molecule has 0 fully saturated rings. The quantitative estimate of drug-likeness (QED) is 0.339. The van der Waals surface area contributed by atoms with Gasteiger partial charge >= 0.3 is 168 Å². The van der Waals surface area contributed by atoms with E-state index in [0.29, 0.717) is 0 Å². The number of nitro groups is 3. The Labute approximate surface area is 168 Å². The van der Waals surface area contributed by atoms with E-state index in [4.69, 9.17) is 0 Å². The first-order valence-corrected chi connectivity index (χ1v) is 10.4. The van der Waals surface area contributed by atoms with Crippen LogP contribution in [0.5, 0.6) is 0 Å². The van der Waals surface area contributed by atoms with Gasteiger partial charge in [0, 0.05) is 0 Å². The van der Waals surface area contributed by atoms with Crippen LogP contribution in [0, 0.1) is 30.3 Å². The van der Waals surface area contributed by atoms with Gasteiger partial charge in [0.15, 0.2) is 0 Å². The number of benzene rings is 3. The summed E-state index contributed by atoms with van der Waals surface area (Å²) in [5.74, 6) is 0. The monoisotopic (exact) mass is 431 g/mol. The van der Waals surface area contributed by atoms with Gasteiger partial charge in [0.1, 0.15) is 0 Å². The van der Waals surface area contributed by atoms with Crippen LogP contribution in [0.25, 0.3) is 0 Å². The summed E-state index contributed by atoms with van der Waals surface area (Å²) in [6.45, 7) is 0. The maximum absolute atomic E-state index is 11.8. The molecule has 0 aliphatic rings. The van der Waals surface area contributed by atoms with E-state index in [2.05, 4.69) is 0 Å². The summed E-state index contributed by atoms with van der Waals surface area (Å²) in [6.07, 6.45) is 0. The Morgan fingerprint density at radius 3 is 0.867 bits per heavy atom. The third kappa shape index (κ3) is 3.37. The number of non-ortho nitro benzene ring substituents is 3. The number of nitrogens with zero attached hydrogens (tertiary/aromatic N) is 3. The van der Waals surface area contributed by atoms with Crippen molar-refractivity contribution in [3.05, 3.63) is 103 Å². The molecular weight excluding hydrogens is 417 g/mol. The van der Waals surface area contributed by atoms with Gasteiger partial charge in [-0.2, -0.15) is 0 Å². The molecule has 3 aromatic carbocycles. The molecule has 3 rings (SSSR count). The molecule has 12 heteroatoms. The second kappa shape index (κ2) is 7.23. The van der Waals surface area contributed by atoms with Crippen molar-refractivity contribution in [1.82, 2.24) is 0 Å². The van der Waals surface area contributed by atoms with Crippen molar-refractivity contribution in [1.29, 1.82) is 0 Å². The zero-order valence-corrected chi connectivity index (χ0v) is 16.0. The van der Waals surface area contributed by atoms with Crippen LogP contribution in [-0.2, 0) is 0 Å². The molecule has 2 N–H and O–H groups in total. The van der Waals surface area contributed by atoms with Crippen LogP contribution in [0.15, 0.2) is 72.8 Å². The van der Waals surface area contributed by atoms with Crippen LogP contribution in [0.2, 0.25) is 0 Å². The predicted octanol–water partition coefficient (Wildman–Crippen LogP) is 2.06. The van der Waals surface area contributed by atoms with Gasteiger partial charge in [-0.15, -0.1) is 0 Å². The van der Waals surface area contributed by atoms with Gasteiger partial charge in [-0.05, 0) is 0 Å². The average Bonchev–Trinajstić information content (AvgIpc) is 2.74. The van der Waals surface area contributed by atoms with Crippen molar-refractivity contribution in [3.63, 3.8) is 0 Å². The minimum absolute atomic E-state index is 0.0747. The average molecular weight is 431 g/mol. The number of nitro benzene ring substituents is 3. The predicted molar refractivity (Wildman–Crippen MR) is 110 cm³/mol. The van der Waals surface area contributed by atoms with E-state index in [-0.39, 0.29) is 33.0 Å². The molecule has 0 saturated heterocycles. The van der Waals surface area contributed by atoms with Crippen molar-refractivity contribution in [3.8, 4) is 0 Å². The molecule has 11 nitrogen and oxygen atoms in total. The summed E-state index contributed by atoms with van der Waals surface area (Å²) in [6, 6.07) is 13.7. The van der Waals surface area contributed by atoms with Crippen LogP contribution in [0.3, 0.4) is 0 Å². The van der Waals surface area contributed by atoms with Gasteiger partial charge in [0.25, 0.3) is 0 Å². The topological polar surface area (TPSA) is 170 Å². The first-order valence-electron chi connectivity index (χ1n) is 8.30. The van der Waals surface area contributed by atoms with Crippen molar-refractivity contribution in [2.24, 2.45) is 0 Å². The zero-order valence-electron chi connectivity index (χ0n) is 15.1. The van der Waals surface area contributed by atoms with Crippen LogP contribution >= 0.6 is 7.06 Å². The van der Waals surface area contributed by atoms with Gasteiger partial charge < -0.3 is 0 Å². The van der Waals surface area contributed by atoms with Crippen molar-refractivity contribution in [2.75, 3.05) is 0 Å². The van der Waals surface area contributed by atoms with Crippen molar-refractivity contribution in [2.45, 2.75) is 0 Å². The van der Waals surface area contributed by atoms with Crippen LogP contribution in [0.4, 0.5) is 17.1 Å². The summed E-state index contributed by atoms with van der Waals surface area (Å²) in [5.41, 5.74) is -0.820. The SMILES string of the molecule is O=[N+]([O-])c1ccc(P(O)(O)(c2ccc([N+](=O)[O-])cc2)c2ccc([N+](=O)[O-])cc2)cc1. The second-order valence-electron chi connectivity index (χ2n) is 6.35. The van der Waals surface area contributed by atoms with E-state index in [1.165, 1.54) is 36.4 Å². The minimum atomic E-state index is -5.23. The first-order chi connectivity index (χ1) is 14.0. The number of hydrogen-bond acceptors (Lipinski definition) is 8. The molecule has 0 amide bonds. The van der Waals surface area contributed by atoms with E-state index >= 15 is 0 Å². The zero-order chi connectivity index (χ0) is 22.1. The fourth-order valence-corrected chi connectivity index (χ4v) is 6.05. The van der Waals surface area contributed by atoms with E-state index < -0.39 is 21.8 Å². The van der Waals surface area contributed by atoms with Gasteiger partial charge in [0.2, 0.25) is 0 Å². The van der Waals surface area contributed by atoms with Crippen LogP contribution in [0.1, 0.15) is 0 Å². The summed E-state index contributed by atoms with van der Waals surface area (Å²) in [4.78, 5) is 54.4. The molecule has 0 spiro atoms. The van der Waals surface area contributed by atoms with Crippen LogP contribution in [-0.4, -0.2) is 24.6 Å². The molecule has 0 bridgehead atoms. The van der Waals surface area contributed by atoms with E-state index in [1.54, 1.807) is 0 Å². The third-order valence-corrected chi connectivity index (χ3v) is 8.48. The fraction of sp³-hybridized carbons (Fsp3) is 0. The molecule has 3 aromatic rings. The Morgan fingerprint density at radius 1 is 0.500 bits per heavy atom. The van der Waals surface area contributed by atoms with E-state index in [1.807, 2.05) is 0 Å².